The summed E-state index contributed by atoms with van der Waals surface area (Å²) in [6.45, 7) is 8.94. The average molecular weight is 381 g/mol. The van der Waals surface area contributed by atoms with E-state index in [4.69, 9.17) is 14.0 Å². The highest BCUT2D eigenvalue weighted by molar-refractivity contribution is 7.09. The van der Waals surface area contributed by atoms with Crippen molar-refractivity contribution in [3.8, 4) is 10.8 Å². The number of aryl methyl sites for hydroxylation is 1. The maximum absolute atomic E-state index is 12.1. The first-order valence-corrected chi connectivity index (χ1v) is 9.30. The lowest BCUT2D eigenvalue weighted by Gasteiger charge is -2.33. The van der Waals surface area contributed by atoms with E-state index in [2.05, 4.69) is 19.7 Å². The number of rotatable bonds is 4. The minimum atomic E-state index is -0.479. The Bertz CT molecular complexity index is 746. The molecule has 3 rings (SSSR count). The van der Waals surface area contributed by atoms with Gasteiger partial charge < -0.3 is 18.9 Å². The molecule has 1 saturated heterocycles. The van der Waals surface area contributed by atoms with Crippen LogP contribution in [0.5, 0.6) is 0 Å². The Labute approximate surface area is 155 Å². The number of carbonyl (C=O) groups excluding carboxylic acids is 1. The Balaban J connectivity index is 1.45. The molecular weight excluding hydrogens is 358 g/mol. The molecule has 9 nitrogen and oxygen atoms in total. The molecule has 0 saturated carbocycles. The molecule has 142 valence electrons. The highest BCUT2D eigenvalue weighted by atomic mass is 32.1. The summed E-state index contributed by atoms with van der Waals surface area (Å²) >= 11 is 1.22. The summed E-state index contributed by atoms with van der Waals surface area (Å²) in [6.07, 6.45) is 1.29. The molecule has 0 aromatic carbocycles. The molecule has 26 heavy (non-hydrogen) atoms. The van der Waals surface area contributed by atoms with E-state index in [0.29, 0.717) is 24.8 Å². The fraction of sp³-hybridized carbons (Fsp3) is 0.688. The van der Waals surface area contributed by atoms with Crippen LogP contribution in [-0.4, -0.2) is 55.5 Å². The topological polar surface area (TPSA) is 103 Å². The predicted molar refractivity (Wildman–Crippen MR) is 93.6 cm³/mol. The zero-order valence-corrected chi connectivity index (χ0v) is 16.2. The number of aromatic nitrogens is 4. The largest absolute Gasteiger partial charge is 0.444 e. The molecule has 0 N–H and O–H groups in total. The normalized spacial score (nSPS) is 16.1. The molecule has 1 fully saturated rings. The third kappa shape index (κ3) is 4.76. The summed E-state index contributed by atoms with van der Waals surface area (Å²) < 4.78 is 20.4. The van der Waals surface area contributed by atoms with Gasteiger partial charge >= 0.3 is 6.09 Å². The van der Waals surface area contributed by atoms with E-state index in [1.54, 1.807) is 4.90 Å². The van der Waals surface area contributed by atoms with Crippen LogP contribution in [0, 0.1) is 6.92 Å². The van der Waals surface area contributed by atoms with Crippen molar-refractivity contribution in [3.05, 3.63) is 11.5 Å². The second-order valence-electron chi connectivity index (χ2n) is 7.18. The van der Waals surface area contributed by atoms with Gasteiger partial charge in [0.1, 0.15) is 17.1 Å². The van der Waals surface area contributed by atoms with Crippen LogP contribution in [0.25, 0.3) is 10.8 Å². The zero-order valence-electron chi connectivity index (χ0n) is 15.4. The van der Waals surface area contributed by atoms with Crippen molar-refractivity contribution in [2.24, 2.45) is 0 Å². The molecule has 0 bridgehead atoms. The van der Waals surface area contributed by atoms with Gasteiger partial charge in [-0.15, -0.1) is 5.10 Å². The van der Waals surface area contributed by atoms with Crippen LogP contribution in [-0.2, 0) is 16.1 Å². The van der Waals surface area contributed by atoms with Crippen LogP contribution in [0.4, 0.5) is 4.79 Å². The van der Waals surface area contributed by atoms with E-state index >= 15 is 0 Å². The number of piperidine rings is 1. The van der Waals surface area contributed by atoms with Crippen molar-refractivity contribution < 1.29 is 18.8 Å². The lowest BCUT2D eigenvalue weighted by molar-refractivity contribution is -0.0190. The number of hydrogen-bond donors (Lipinski definition) is 0. The van der Waals surface area contributed by atoms with Crippen LogP contribution in [0.2, 0.25) is 0 Å². The molecular formula is C16H23N5O4S. The third-order valence-corrected chi connectivity index (χ3v) is 4.67. The fourth-order valence-corrected chi connectivity index (χ4v) is 3.14. The van der Waals surface area contributed by atoms with Crippen LogP contribution in [0.3, 0.4) is 0 Å². The summed E-state index contributed by atoms with van der Waals surface area (Å²) in [4.78, 5) is 18.9. The first-order valence-electron chi connectivity index (χ1n) is 8.53. The molecule has 0 spiro atoms. The van der Waals surface area contributed by atoms with Crippen LogP contribution in [0.1, 0.15) is 45.1 Å². The quantitative estimate of drug-likeness (QED) is 0.796. The molecule has 1 amide bonds. The van der Waals surface area contributed by atoms with Crippen molar-refractivity contribution in [2.75, 3.05) is 13.1 Å². The molecule has 0 atom stereocenters. The Morgan fingerprint density at radius 2 is 2.08 bits per heavy atom. The van der Waals surface area contributed by atoms with Gasteiger partial charge in [0.15, 0.2) is 5.82 Å². The van der Waals surface area contributed by atoms with E-state index in [-0.39, 0.29) is 18.8 Å². The SMILES string of the molecule is Cc1nnsc1-c1nc(COC2CCN(C(=O)OC(C)(C)C)CC2)no1. The first kappa shape index (κ1) is 18.7. The number of likely N-dealkylation sites (tertiary alicyclic amines) is 1. The van der Waals surface area contributed by atoms with Crippen molar-refractivity contribution >= 4 is 17.6 Å². The fourth-order valence-electron chi connectivity index (χ4n) is 2.56. The third-order valence-electron chi connectivity index (χ3n) is 3.86. The van der Waals surface area contributed by atoms with Crippen LogP contribution >= 0.6 is 11.5 Å². The number of carbonyl (C=O) groups is 1. The molecule has 0 unspecified atom stereocenters. The van der Waals surface area contributed by atoms with Crippen LogP contribution in [0.15, 0.2) is 4.52 Å². The van der Waals surface area contributed by atoms with Gasteiger partial charge in [0.25, 0.3) is 5.89 Å². The Morgan fingerprint density at radius 3 is 2.69 bits per heavy atom. The first-order chi connectivity index (χ1) is 12.3. The van der Waals surface area contributed by atoms with Gasteiger partial charge in [-0.1, -0.05) is 9.64 Å². The Kier molecular flexibility index (Phi) is 5.52. The summed E-state index contributed by atoms with van der Waals surface area (Å²) in [6, 6.07) is 0. The Hall–Kier alpha value is -2.07. The van der Waals surface area contributed by atoms with E-state index in [1.807, 2.05) is 27.7 Å². The van der Waals surface area contributed by atoms with Crippen molar-refractivity contribution in [3.63, 3.8) is 0 Å². The van der Waals surface area contributed by atoms with Gasteiger partial charge in [0.05, 0.1) is 11.8 Å². The highest BCUT2D eigenvalue weighted by Gasteiger charge is 2.27. The monoisotopic (exact) mass is 381 g/mol. The lowest BCUT2D eigenvalue weighted by atomic mass is 10.1. The van der Waals surface area contributed by atoms with Gasteiger partial charge in [-0.3, -0.25) is 0 Å². The molecule has 0 aliphatic carbocycles. The summed E-state index contributed by atoms with van der Waals surface area (Å²) in [5.41, 5.74) is 0.285. The minimum Gasteiger partial charge on any atom is -0.444 e. The van der Waals surface area contributed by atoms with E-state index in [1.165, 1.54) is 11.5 Å². The number of nitrogens with zero attached hydrogens (tertiary/aromatic N) is 5. The second kappa shape index (κ2) is 7.67. The van der Waals surface area contributed by atoms with Gasteiger partial charge in [0, 0.05) is 13.1 Å². The maximum Gasteiger partial charge on any atom is 0.410 e. The smallest absolute Gasteiger partial charge is 0.410 e. The molecule has 0 radical (unpaired) electrons. The van der Waals surface area contributed by atoms with Gasteiger partial charge in [-0.25, -0.2) is 4.79 Å². The lowest BCUT2D eigenvalue weighted by Crippen LogP contribution is -2.43. The van der Waals surface area contributed by atoms with E-state index < -0.39 is 5.60 Å². The maximum atomic E-state index is 12.1. The molecule has 1 aliphatic heterocycles. The van der Waals surface area contributed by atoms with Gasteiger partial charge in [0.2, 0.25) is 0 Å². The summed E-state index contributed by atoms with van der Waals surface area (Å²) in [7, 11) is 0. The highest BCUT2D eigenvalue weighted by Crippen LogP contribution is 2.24. The van der Waals surface area contributed by atoms with Crippen molar-refractivity contribution in [1.29, 1.82) is 0 Å². The van der Waals surface area contributed by atoms with Gasteiger partial charge in [-0.2, -0.15) is 4.98 Å². The molecule has 2 aromatic rings. The summed E-state index contributed by atoms with van der Waals surface area (Å²) in [5, 5.41) is 7.87. The average Bonchev–Trinajstić information content (AvgIpc) is 3.20. The summed E-state index contributed by atoms with van der Waals surface area (Å²) in [5.74, 6) is 0.901. The number of amides is 1. The predicted octanol–water partition coefficient (Wildman–Crippen LogP) is 2.81. The van der Waals surface area contributed by atoms with Crippen molar-refractivity contribution in [1.82, 2.24) is 24.6 Å². The van der Waals surface area contributed by atoms with E-state index in [0.717, 1.165) is 23.4 Å². The number of ether oxygens (including phenoxy) is 2. The van der Waals surface area contributed by atoms with Crippen LogP contribution < -0.4 is 0 Å². The molecule has 3 heterocycles. The van der Waals surface area contributed by atoms with E-state index in [9.17, 15) is 4.79 Å². The molecule has 1 aliphatic rings. The minimum absolute atomic E-state index is 0.0578. The Morgan fingerprint density at radius 1 is 1.35 bits per heavy atom. The molecule has 10 heteroatoms. The molecule has 2 aromatic heterocycles. The zero-order chi connectivity index (χ0) is 18.7. The second-order valence-corrected chi connectivity index (χ2v) is 7.94. The van der Waals surface area contributed by atoms with Gasteiger partial charge in [-0.05, 0) is 52.1 Å². The standard InChI is InChI=1S/C16H23N5O4S/c1-10-13(26-20-18-10)14-17-12(19-25-14)9-23-11-5-7-21(8-6-11)15(22)24-16(2,3)4/h11H,5-9H2,1-4H3. The number of hydrogen-bond acceptors (Lipinski definition) is 9. The van der Waals surface area contributed by atoms with Crippen molar-refractivity contribution in [2.45, 2.75) is 58.8 Å².